The fourth-order valence-corrected chi connectivity index (χ4v) is 7.33. The lowest BCUT2D eigenvalue weighted by molar-refractivity contribution is -0.142. The number of aliphatic hydroxyl groups excluding tert-OH is 2. The largest absolute Gasteiger partial charge is 0.479 e. The number of allylic oxidation sites excluding steroid dienone is 1. The van der Waals surface area contributed by atoms with Gasteiger partial charge in [-0.05, 0) is 61.5 Å². The second kappa shape index (κ2) is 11.4. The van der Waals surface area contributed by atoms with E-state index in [0.717, 1.165) is 63.5 Å². The summed E-state index contributed by atoms with van der Waals surface area (Å²) in [7, 11) is 0. The van der Waals surface area contributed by atoms with Gasteiger partial charge in [0.05, 0.1) is 6.10 Å². The minimum atomic E-state index is -1.19. The summed E-state index contributed by atoms with van der Waals surface area (Å²) < 4.78 is 0. The standard InChI is InChI=1S/C28H43N5O5/c1-15-21-9-10-33(27(36)18-7-8-19-13-29-32-22(19)11-18)14-20(21)12-23(34)24(15)16(2)30-25(28(37)38)31-26(35)17-5-3-4-6-17/h15,17-18,23-26,29-32,34-35H,2-14H2,1H3,(H,37,38)/t15?,18-,23+,24?,25+,26?/m1/s1. The van der Waals surface area contributed by atoms with Crippen molar-refractivity contribution >= 4 is 11.9 Å². The van der Waals surface area contributed by atoms with Crippen molar-refractivity contribution in [3.05, 3.63) is 34.7 Å². The van der Waals surface area contributed by atoms with E-state index in [0.29, 0.717) is 25.2 Å². The maximum absolute atomic E-state index is 13.4. The van der Waals surface area contributed by atoms with E-state index in [-0.39, 0.29) is 29.6 Å². The Hall–Kier alpha value is -2.40. The van der Waals surface area contributed by atoms with Gasteiger partial charge >= 0.3 is 5.97 Å². The Morgan fingerprint density at radius 2 is 1.89 bits per heavy atom. The molecule has 3 aliphatic carbocycles. The van der Waals surface area contributed by atoms with E-state index in [4.69, 9.17) is 0 Å². The molecule has 1 saturated carbocycles. The van der Waals surface area contributed by atoms with Gasteiger partial charge in [-0.25, -0.2) is 10.2 Å². The summed E-state index contributed by atoms with van der Waals surface area (Å²) in [5.74, 6) is -1.27. The van der Waals surface area contributed by atoms with E-state index in [2.05, 4.69) is 35.0 Å². The topological polar surface area (TPSA) is 146 Å². The summed E-state index contributed by atoms with van der Waals surface area (Å²) in [5, 5.41) is 37.2. The summed E-state index contributed by atoms with van der Waals surface area (Å²) in [5.41, 5.74) is 11.7. The molecule has 10 nitrogen and oxygen atoms in total. The van der Waals surface area contributed by atoms with Crippen LogP contribution in [0.3, 0.4) is 0 Å². The highest BCUT2D eigenvalue weighted by atomic mass is 16.4. The molecule has 6 atom stereocenters. The number of hydrazine groups is 1. The lowest BCUT2D eigenvalue weighted by Crippen LogP contribution is -2.55. The molecule has 3 unspecified atom stereocenters. The lowest BCUT2D eigenvalue weighted by atomic mass is 9.70. The third kappa shape index (κ3) is 5.50. The van der Waals surface area contributed by atoms with Gasteiger partial charge in [-0.15, -0.1) is 0 Å². The Morgan fingerprint density at radius 1 is 1.13 bits per heavy atom. The maximum atomic E-state index is 13.4. The number of aliphatic carboxylic acids is 1. The zero-order valence-corrected chi connectivity index (χ0v) is 22.3. The number of nitrogens with zero attached hydrogens (tertiary/aromatic N) is 1. The molecular formula is C28H43N5O5. The average Bonchev–Trinajstić information content (AvgIpc) is 3.59. The highest BCUT2D eigenvalue weighted by molar-refractivity contribution is 5.80. The molecule has 0 saturated heterocycles. The Balaban J connectivity index is 1.21. The monoisotopic (exact) mass is 529 g/mol. The van der Waals surface area contributed by atoms with Gasteiger partial charge in [0.25, 0.3) is 0 Å². The fourth-order valence-electron chi connectivity index (χ4n) is 7.33. The first-order chi connectivity index (χ1) is 18.2. The molecule has 2 heterocycles. The van der Waals surface area contributed by atoms with Crippen molar-refractivity contribution in [2.75, 3.05) is 19.6 Å². The number of carboxylic acid groups (broad SMARTS) is 1. The van der Waals surface area contributed by atoms with Crippen LogP contribution in [0.4, 0.5) is 0 Å². The molecule has 1 amide bonds. The van der Waals surface area contributed by atoms with Gasteiger partial charge in [0.15, 0.2) is 6.17 Å². The zero-order chi connectivity index (χ0) is 27.0. The molecule has 0 spiro atoms. The molecule has 5 rings (SSSR count). The second-order valence-electron chi connectivity index (χ2n) is 11.8. The highest BCUT2D eigenvalue weighted by Gasteiger charge is 2.41. The van der Waals surface area contributed by atoms with E-state index in [1.165, 1.54) is 16.8 Å². The molecule has 0 radical (unpaired) electrons. The van der Waals surface area contributed by atoms with Crippen LogP contribution in [0.25, 0.3) is 0 Å². The molecular weight excluding hydrogens is 486 g/mol. The van der Waals surface area contributed by atoms with Crippen LogP contribution in [-0.2, 0) is 9.59 Å². The first kappa shape index (κ1) is 27.2. The summed E-state index contributed by atoms with van der Waals surface area (Å²) >= 11 is 0. The number of hydrogen-bond acceptors (Lipinski definition) is 8. The average molecular weight is 530 g/mol. The first-order valence-electron chi connectivity index (χ1n) is 14.2. The van der Waals surface area contributed by atoms with Gasteiger partial charge in [0.2, 0.25) is 5.91 Å². The van der Waals surface area contributed by atoms with Gasteiger partial charge in [-0.3, -0.25) is 10.1 Å². The van der Waals surface area contributed by atoms with Crippen molar-refractivity contribution in [2.24, 2.45) is 23.7 Å². The van der Waals surface area contributed by atoms with Gasteiger partial charge in [0, 0.05) is 49.3 Å². The van der Waals surface area contributed by atoms with Crippen LogP contribution in [0.1, 0.15) is 64.7 Å². The summed E-state index contributed by atoms with van der Waals surface area (Å²) in [6.45, 7) is 8.23. The molecule has 5 aliphatic rings. The van der Waals surface area contributed by atoms with Gasteiger partial charge in [-0.1, -0.05) is 31.9 Å². The van der Waals surface area contributed by atoms with Crippen LogP contribution >= 0.6 is 0 Å². The number of carboxylic acids is 1. The SMILES string of the molecule is C=C(N[C@@H](NC(O)C1CCCC1)C(=O)O)C1C(C)C2=C(C[C@@H]1O)CN(C(=O)[C@@H]1CCC3=C(C1)NNC3)CC2. The molecule has 0 bridgehead atoms. The Bertz CT molecular complexity index is 1020. The Labute approximate surface area is 224 Å². The minimum Gasteiger partial charge on any atom is -0.479 e. The summed E-state index contributed by atoms with van der Waals surface area (Å²) in [6, 6.07) is 0. The lowest BCUT2D eigenvalue weighted by Gasteiger charge is -2.44. The van der Waals surface area contributed by atoms with Crippen LogP contribution in [0.5, 0.6) is 0 Å². The summed E-state index contributed by atoms with van der Waals surface area (Å²) in [4.78, 5) is 27.3. The predicted molar refractivity (Wildman–Crippen MR) is 142 cm³/mol. The maximum Gasteiger partial charge on any atom is 0.341 e. The van der Waals surface area contributed by atoms with Gasteiger partial charge in [-0.2, -0.15) is 0 Å². The number of rotatable bonds is 8. The third-order valence-electron chi connectivity index (χ3n) is 9.48. The second-order valence-corrected chi connectivity index (χ2v) is 11.8. The van der Waals surface area contributed by atoms with Crippen LogP contribution in [0.2, 0.25) is 0 Å². The molecule has 38 heavy (non-hydrogen) atoms. The normalized spacial score (nSPS) is 31.4. The van der Waals surface area contributed by atoms with E-state index in [9.17, 15) is 24.9 Å². The van der Waals surface area contributed by atoms with Gasteiger partial charge in [0.1, 0.15) is 6.23 Å². The summed E-state index contributed by atoms with van der Waals surface area (Å²) in [6.07, 6.45) is 4.79. The predicted octanol–water partition coefficient (Wildman–Crippen LogP) is 1.31. The van der Waals surface area contributed by atoms with E-state index in [1.807, 2.05) is 4.90 Å². The van der Waals surface area contributed by atoms with Crippen LogP contribution < -0.4 is 21.5 Å². The smallest absolute Gasteiger partial charge is 0.341 e. The van der Waals surface area contributed by atoms with Crippen molar-refractivity contribution in [1.29, 1.82) is 0 Å². The number of aliphatic hydroxyl groups is 2. The van der Waals surface area contributed by atoms with Crippen molar-refractivity contribution in [3.63, 3.8) is 0 Å². The van der Waals surface area contributed by atoms with Crippen molar-refractivity contribution < 1.29 is 24.9 Å². The van der Waals surface area contributed by atoms with Crippen molar-refractivity contribution in [3.8, 4) is 0 Å². The van der Waals surface area contributed by atoms with E-state index < -0.39 is 24.5 Å². The van der Waals surface area contributed by atoms with Crippen LogP contribution in [0.15, 0.2) is 34.7 Å². The van der Waals surface area contributed by atoms with E-state index >= 15 is 0 Å². The van der Waals surface area contributed by atoms with E-state index in [1.54, 1.807) is 0 Å². The number of carbonyl (C=O) groups is 2. The third-order valence-corrected chi connectivity index (χ3v) is 9.48. The number of hydrogen-bond donors (Lipinski definition) is 7. The van der Waals surface area contributed by atoms with Crippen LogP contribution in [0, 0.1) is 23.7 Å². The van der Waals surface area contributed by atoms with Crippen molar-refractivity contribution in [2.45, 2.75) is 83.2 Å². The molecule has 1 fully saturated rings. The molecule has 0 aromatic carbocycles. The number of carbonyl (C=O) groups excluding carboxylic acids is 1. The highest BCUT2D eigenvalue weighted by Crippen LogP contribution is 2.42. The first-order valence-corrected chi connectivity index (χ1v) is 14.2. The Morgan fingerprint density at radius 3 is 2.63 bits per heavy atom. The quantitative estimate of drug-likeness (QED) is 0.183. The molecule has 2 aliphatic heterocycles. The minimum absolute atomic E-state index is 0.00833. The van der Waals surface area contributed by atoms with Crippen LogP contribution in [-0.4, -0.2) is 70.2 Å². The fraction of sp³-hybridized carbons (Fsp3) is 0.714. The number of amides is 1. The zero-order valence-electron chi connectivity index (χ0n) is 22.3. The van der Waals surface area contributed by atoms with Gasteiger partial charge < -0.3 is 31.0 Å². The molecule has 0 aromatic heterocycles. The molecule has 7 N–H and O–H groups in total. The molecule has 0 aromatic rings. The van der Waals surface area contributed by atoms with Crippen molar-refractivity contribution in [1.82, 2.24) is 26.4 Å². The molecule has 210 valence electrons. The number of nitrogens with one attached hydrogen (secondary N) is 4. The Kier molecular flexibility index (Phi) is 8.14. The molecule has 10 heteroatoms.